The summed E-state index contributed by atoms with van der Waals surface area (Å²) in [7, 11) is 1.86. The highest BCUT2D eigenvalue weighted by Gasteiger charge is 2.35. The molecule has 0 bridgehead atoms. The van der Waals surface area contributed by atoms with Gasteiger partial charge in [-0.15, -0.1) is 0 Å². The molecule has 0 spiro atoms. The Morgan fingerprint density at radius 2 is 2.10 bits per heavy atom. The van der Waals surface area contributed by atoms with Crippen LogP contribution in [-0.4, -0.2) is 58.6 Å². The number of nitrogens with one attached hydrogen (secondary N) is 2. The smallest absolute Gasteiger partial charge is 0.379 e. The molecule has 1 aromatic carbocycles. The summed E-state index contributed by atoms with van der Waals surface area (Å²) in [6, 6.07) is 6.22. The average Bonchev–Trinajstić information content (AvgIpc) is 3.23. The van der Waals surface area contributed by atoms with Gasteiger partial charge in [-0.3, -0.25) is 5.10 Å². The summed E-state index contributed by atoms with van der Waals surface area (Å²) in [5, 5.41) is 10.5. The lowest BCUT2D eigenvalue weighted by Crippen LogP contribution is -2.46. The lowest BCUT2D eigenvalue weighted by Gasteiger charge is -2.33. The van der Waals surface area contributed by atoms with Crippen LogP contribution in [0.2, 0.25) is 0 Å². The van der Waals surface area contributed by atoms with E-state index in [-0.39, 0.29) is 5.69 Å². The van der Waals surface area contributed by atoms with E-state index < -0.39 is 24.0 Å². The van der Waals surface area contributed by atoms with Crippen molar-refractivity contribution in [2.24, 2.45) is 0 Å². The molecule has 3 aromatic rings. The normalized spacial score (nSPS) is 20.4. The van der Waals surface area contributed by atoms with Crippen molar-refractivity contribution in [2.75, 3.05) is 25.5 Å². The molecule has 30 heavy (non-hydrogen) atoms. The summed E-state index contributed by atoms with van der Waals surface area (Å²) in [5.74, 6) is 0. The predicted molar refractivity (Wildman–Crippen MR) is 109 cm³/mol. The molecule has 1 aliphatic rings. The van der Waals surface area contributed by atoms with Crippen LogP contribution in [0.15, 0.2) is 43.2 Å². The van der Waals surface area contributed by atoms with E-state index in [9.17, 15) is 17.6 Å². The van der Waals surface area contributed by atoms with Crippen molar-refractivity contribution in [3.8, 4) is 11.3 Å². The maximum atomic E-state index is 14.6. The number of hydrogen-bond donors (Lipinski definition) is 2. The number of piperidine rings is 1. The summed E-state index contributed by atoms with van der Waals surface area (Å²) in [4.78, 5) is 6.15. The zero-order chi connectivity index (χ0) is 21.5. The molecule has 2 atom stereocenters. The summed E-state index contributed by atoms with van der Waals surface area (Å²) < 4.78 is 55.0. The predicted octanol–water partition coefficient (Wildman–Crippen LogP) is 4.65. The maximum Gasteiger partial charge on any atom is 0.417 e. The van der Waals surface area contributed by atoms with E-state index in [1.807, 2.05) is 11.9 Å². The van der Waals surface area contributed by atoms with Crippen molar-refractivity contribution >= 4 is 22.0 Å². The number of nitrogens with zero attached hydrogens (tertiary/aromatic N) is 3. The Kier molecular flexibility index (Phi) is 5.23. The quantitative estimate of drug-likeness (QED) is 0.605. The number of likely N-dealkylation sites (tertiary alicyclic amines) is 1. The van der Waals surface area contributed by atoms with Gasteiger partial charge < -0.3 is 10.2 Å². The Morgan fingerprint density at radius 1 is 1.30 bits per heavy atom. The zero-order valence-corrected chi connectivity index (χ0v) is 16.3. The number of benzene rings is 1. The van der Waals surface area contributed by atoms with Gasteiger partial charge in [0.15, 0.2) is 0 Å². The molecule has 158 valence electrons. The molecular weight excluding hydrogens is 398 g/mol. The largest absolute Gasteiger partial charge is 0.417 e. The van der Waals surface area contributed by atoms with Crippen LogP contribution in [-0.2, 0) is 0 Å². The molecule has 9 heteroatoms. The minimum atomic E-state index is -4.63. The number of anilines is 1. The van der Waals surface area contributed by atoms with Gasteiger partial charge in [-0.25, -0.2) is 9.37 Å². The second-order valence-electron chi connectivity index (χ2n) is 7.54. The van der Waals surface area contributed by atoms with E-state index in [4.69, 9.17) is 0 Å². The van der Waals surface area contributed by atoms with E-state index in [2.05, 4.69) is 27.1 Å². The Balaban J connectivity index is 1.84. The Bertz CT molecular complexity index is 1060. The first kappa shape index (κ1) is 20.3. The van der Waals surface area contributed by atoms with Crippen LogP contribution in [0.1, 0.15) is 12.1 Å². The van der Waals surface area contributed by atoms with E-state index >= 15 is 0 Å². The molecule has 1 fully saturated rings. The lowest BCUT2D eigenvalue weighted by molar-refractivity contribution is -0.0688. The first-order chi connectivity index (χ1) is 14.2. The second kappa shape index (κ2) is 7.71. The van der Waals surface area contributed by atoms with E-state index in [1.54, 1.807) is 30.5 Å². The molecule has 1 aliphatic heterocycles. The monoisotopic (exact) mass is 419 g/mol. The minimum absolute atomic E-state index is 0.250. The molecule has 0 unspecified atom stereocenters. The average molecular weight is 419 g/mol. The van der Waals surface area contributed by atoms with Crippen molar-refractivity contribution in [3.05, 3.63) is 48.9 Å². The third kappa shape index (κ3) is 3.89. The van der Waals surface area contributed by atoms with E-state index in [1.165, 1.54) is 6.20 Å². The minimum Gasteiger partial charge on any atom is -0.379 e. The van der Waals surface area contributed by atoms with E-state index in [0.717, 1.165) is 6.54 Å². The number of aromatic amines is 1. The van der Waals surface area contributed by atoms with Gasteiger partial charge in [-0.05, 0) is 25.6 Å². The third-order valence-electron chi connectivity index (χ3n) is 5.38. The summed E-state index contributed by atoms with van der Waals surface area (Å²) in [6.45, 7) is 4.28. The summed E-state index contributed by atoms with van der Waals surface area (Å²) in [5.41, 5.74) is 0.155. The van der Waals surface area contributed by atoms with Crippen LogP contribution in [0.5, 0.6) is 0 Å². The molecule has 5 nitrogen and oxygen atoms in total. The molecule has 0 saturated carbocycles. The van der Waals surface area contributed by atoms with Crippen LogP contribution < -0.4 is 5.32 Å². The van der Waals surface area contributed by atoms with Crippen molar-refractivity contribution in [3.63, 3.8) is 0 Å². The van der Waals surface area contributed by atoms with Gasteiger partial charge in [0.05, 0.1) is 29.2 Å². The number of pyridine rings is 1. The number of alkyl halides is 4. The van der Waals surface area contributed by atoms with Gasteiger partial charge in [-0.1, -0.05) is 18.7 Å². The molecule has 2 aromatic heterocycles. The molecule has 1 saturated heterocycles. The summed E-state index contributed by atoms with van der Waals surface area (Å²) >= 11 is 0. The van der Waals surface area contributed by atoms with Crippen LogP contribution >= 0.6 is 0 Å². The fourth-order valence-electron chi connectivity index (χ4n) is 3.72. The molecule has 0 aliphatic carbocycles. The second-order valence-corrected chi connectivity index (χ2v) is 7.54. The summed E-state index contributed by atoms with van der Waals surface area (Å²) in [6.07, 6.45) is -2.08. The van der Waals surface area contributed by atoms with Crippen LogP contribution in [0.4, 0.5) is 23.2 Å². The van der Waals surface area contributed by atoms with Crippen molar-refractivity contribution in [2.45, 2.75) is 24.8 Å². The van der Waals surface area contributed by atoms with Gasteiger partial charge >= 0.3 is 6.18 Å². The fraction of sp³-hybridized carbons (Fsp3) is 0.333. The number of fused-ring (bicyclic) bond motifs is 1. The van der Waals surface area contributed by atoms with Crippen molar-refractivity contribution in [1.82, 2.24) is 20.1 Å². The van der Waals surface area contributed by atoms with Gasteiger partial charge in [-0.2, -0.15) is 18.3 Å². The Labute approximate surface area is 170 Å². The molecule has 0 radical (unpaired) electrons. The maximum absolute atomic E-state index is 14.6. The zero-order valence-electron chi connectivity index (χ0n) is 16.3. The molecule has 4 rings (SSSR count). The van der Waals surface area contributed by atoms with Crippen molar-refractivity contribution < 1.29 is 17.6 Å². The third-order valence-corrected chi connectivity index (χ3v) is 5.38. The highest BCUT2D eigenvalue weighted by molar-refractivity contribution is 6.01. The van der Waals surface area contributed by atoms with Crippen LogP contribution in [0, 0.1) is 0 Å². The van der Waals surface area contributed by atoms with Gasteiger partial charge in [0.1, 0.15) is 6.17 Å². The Morgan fingerprint density at radius 3 is 2.77 bits per heavy atom. The first-order valence-electron chi connectivity index (χ1n) is 9.52. The number of allylic oxidation sites excluding steroid dienone is 1. The highest BCUT2D eigenvalue weighted by Crippen LogP contribution is 2.38. The van der Waals surface area contributed by atoms with Crippen molar-refractivity contribution in [1.29, 1.82) is 0 Å². The molecule has 3 heterocycles. The molecule has 2 N–H and O–H groups in total. The number of aromatic nitrogens is 3. The number of H-pyrrole nitrogens is 1. The van der Waals surface area contributed by atoms with Crippen LogP contribution in [0.25, 0.3) is 27.6 Å². The Hall–Kier alpha value is -2.94. The van der Waals surface area contributed by atoms with Crippen LogP contribution in [0.3, 0.4) is 0 Å². The SMILES string of the molecule is C=C(c1nc(-c2cn[nH]c2)cc2c(N[C@@H]3CCN(C)C[C@@H]3F)cccc12)C(F)(F)F. The molecule has 0 amide bonds. The number of hydrogen-bond acceptors (Lipinski definition) is 4. The lowest BCUT2D eigenvalue weighted by atomic mass is 9.99. The van der Waals surface area contributed by atoms with Gasteiger partial charge in [0.25, 0.3) is 0 Å². The number of halogens is 4. The van der Waals surface area contributed by atoms with Gasteiger partial charge in [0, 0.05) is 41.3 Å². The first-order valence-corrected chi connectivity index (χ1v) is 9.52. The highest BCUT2D eigenvalue weighted by atomic mass is 19.4. The molecular formula is C21H21F4N5. The fourth-order valence-corrected chi connectivity index (χ4v) is 3.72. The van der Waals surface area contributed by atoms with Gasteiger partial charge in [0.2, 0.25) is 0 Å². The number of rotatable bonds is 4. The van der Waals surface area contributed by atoms with E-state index in [0.29, 0.717) is 40.7 Å². The standard InChI is InChI=1S/C21H21F4N5/c1-12(21(23,24)25)20-14-4-3-5-17(28-18-6-7-30(2)11-16(18)22)15(14)8-19(29-20)13-9-26-27-10-13/h3-5,8-10,16,18,28H,1,6-7,11H2,2H3,(H,26,27)/t16-,18+/m0/s1. The topological polar surface area (TPSA) is 56.8 Å².